The van der Waals surface area contributed by atoms with E-state index >= 15 is 0 Å². The lowest BCUT2D eigenvalue weighted by molar-refractivity contribution is 0.157. The fourth-order valence-electron chi connectivity index (χ4n) is 1.97. The van der Waals surface area contributed by atoms with E-state index in [4.69, 9.17) is 0 Å². The maximum atomic E-state index is 10.1. The van der Waals surface area contributed by atoms with Gasteiger partial charge in [0.2, 0.25) is 0 Å². The van der Waals surface area contributed by atoms with Gasteiger partial charge in [-0.2, -0.15) is 0 Å². The zero-order valence-electron chi connectivity index (χ0n) is 10.8. The van der Waals surface area contributed by atoms with E-state index in [-0.39, 0.29) is 12.1 Å². The van der Waals surface area contributed by atoms with Crippen LogP contribution >= 0.6 is 11.3 Å². The molecule has 0 saturated heterocycles. The molecule has 0 aliphatic carbocycles. The van der Waals surface area contributed by atoms with E-state index in [2.05, 4.69) is 22.9 Å². The van der Waals surface area contributed by atoms with Gasteiger partial charge in [0.05, 0.1) is 6.10 Å². The van der Waals surface area contributed by atoms with Gasteiger partial charge in [0.25, 0.3) is 0 Å². The Morgan fingerprint density at radius 1 is 1.39 bits per heavy atom. The van der Waals surface area contributed by atoms with E-state index in [1.54, 1.807) is 11.3 Å². The van der Waals surface area contributed by atoms with Crippen LogP contribution in [0.5, 0.6) is 0 Å². The van der Waals surface area contributed by atoms with E-state index < -0.39 is 0 Å². The van der Waals surface area contributed by atoms with Crippen LogP contribution in [-0.2, 0) is 13.6 Å². The van der Waals surface area contributed by atoms with Crippen LogP contribution in [0.3, 0.4) is 0 Å². The number of nitrogens with one attached hydrogen (secondary N) is 1. The van der Waals surface area contributed by atoms with Crippen molar-refractivity contribution in [3.63, 3.8) is 0 Å². The highest BCUT2D eigenvalue weighted by Crippen LogP contribution is 2.22. The molecule has 0 spiro atoms. The molecule has 0 saturated carbocycles. The zero-order valence-corrected chi connectivity index (χ0v) is 11.7. The first-order valence-electron chi connectivity index (χ1n) is 6.22. The molecule has 0 amide bonds. The van der Waals surface area contributed by atoms with Crippen LogP contribution in [0.1, 0.15) is 30.0 Å². The first-order chi connectivity index (χ1) is 8.66. The van der Waals surface area contributed by atoms with Gasteiger partial charge in [-0.3, -0.25) is 0 Å². The highest BCUT2D eigenvalue weighted by Gasteiger charge is 2.13. The summed E-state index contributed by atoms with van der Waals surface area (Å²) in [4.78, 5) is 1.04. The second-order valence-corrected chi connectivity index (χ2v) is 5.64. The lowest BCUT2D eigenvalue weighted by atomic mass is 10.1. The molecule has 0 aromatic carbocycles. The summed E-state index contributed by atoms with van der Waals surface area (Å²) in [5, 5.41) is 15.5. The summed E-state index contributed by atoms with van der Waals surface area (Å²) in [6.45, 7) is 2.95. The lowest BCUT2D eigenvalue weighted by Crippen LogP contribution is -2.28. The summed E-state index contributed by atoms with van der Waals surface area (Å²) in [6.07, 6.45) is 2.42. The maximum Gasteiger partial charge on any atom is 0.0896 e. The molecule has 2 heterocycles. The van der Waals surface area contributed by atoms with Crippen LogP contribution in [0.25, 0.3) is 0 Å². The van der Waals surface area contributed by atoms with E-state index in [1.807, 2.05) is 36.8 Å². The van der Waals surface area contributed by atoms with Crippen molar-refractivity contribution in [3.05, 3.63) is 46.4 Å². The summed E-state index contributed by atoms with van der Waals surface area (Å²) in [5.41, 5.74) is 1.26. The van der Waals surface area contributed by atoms with Crippen molar-refractivity contribution in [2.75, 3.05) is 0 Å². The number of thiophene rings is 1. The third-order valence-electron chi connectivity index (χ3n) is 3.13. The second kappa shape index (κ2) is 6.18. The third-order valence-corrected chi connectivity index (χ3v) is 4.10. The fraction of sp³-hybridized carbons (Fsp3) is 0.429. The molecule has 2 rings (SSSR count). The number of aromatic nitrogens is 1. The van der Waals surface area contributed by atoms with E-state index in [0.717, 1.165) is 17.8 Å². The van der Waals surface area contributed by atoms with Gasteiger partial charge < -0.3 is 15.0 Å². The monoisotopic (exact) mass is 264 g/mol. The van der Waals surface area contributed by atoms with Crippen LogP contribution < -0.4 is 5.32 Å². The number of hydrogen-bond donors (Lipinski definition) is 2. The van der Waals surface area contributed by atoms with E-state index in [9.17, 15) is 5.11 Å². The molecule has 4 heteroatoms. The van der Waals surface area contributed by atoms with Crippen molar-refractivity contribution in [1.82, 2.24) is 9.88 Å². The lowest BCUT2D eigenvalue weighted by Gasteiger charge is -2.17. The van der Waals surface area contributed by atoms with E-state index in [1.165, 1.54) is 5.69 Å². The Balaban J connectivity index is 1.79. The molecule has 98 valence electrons. The van der Waals surface area contributed by atoms with Crippen molar-refractivity contribution >= 4 is 11.3 Å². The van der Waals surface area contributed by atoms with E-state index in [0.29, 0.717) is 0 Å². The molecule has 2 aromatic heterocycles. The van der Waals surface area contributed by atoms with Gasteiger partial charge in [-0.25, -0.2) is 0 Å². The molecule has 18 heavy (non-hydrogen) atoms. The van der Waals surface area contributed by atoms with Crippen LogP contribution in [0.2, 0.25) is 0 Å². The second-order valence-electron chi connectivity index (χ2n) is 4.66. The van der Waals surface area contributed by atoms with Gasteiger partial charge in [0.15, 0.2) is 0 Å². The maximum absolute atomic E-state index is 10.1. The molecule has 0 bridgehead atoms. The molecule has 3 nitrogen and oxygen atoms in total. The van der Waals surface area contributed by atoms with Gasteiger partial charge in [-0.05, 0) is 36.9 Å². The average molecular weight is 264 g/mol. The Morgan fingerprint density at radius 2 is 2.22 bits per heavy atom. The predicted octanol–water partition coefficient (Wildman–Crippen LogP) is 2.69. The quantitative estimate of drug-likeness (QED) is 0.841. The first kappa shape index (κ1) is 13.3. The first-order valence-corrected chi connectivity index (χ1v) is 7.10. The Bertz CT molecular complexity index is 464. The minimum atomic E-state index is -0.360. The Morgan fingerprint density at radius 3 is 2.83 bits per heavy atom. The fourth-order valence-corrected chi connectivity index (χ4v) is 2.70. The molecule has 2 aromatic rings. The molecule has 2 N–H and O–H groups in total. The summed E-state index contributed by atoms with van der Waals surface area (Å²) >= 11 is 1.61. The smallest absolute Gasteiger partial charge is 0.0896 e. The van der Waals surface area contributed by atoms with Gasteiger partial charge in [0, 0.05) is 36.4 Å². The highest BCUT2D eigenvalue weighted by atomic mass is 32.1. The van der Waals surface area contributed by atoms with Gasteiger partial charge >= 0.3 is 0 Å². The van der Waals surface area contributed by atoms with Crippen molar-refractivity contribution in [3.8, 4) is 0 Å². The molecular formula is C14H20N2OS. The van der Waals surface area contributed by atoms with Crippen LogP contribution in [-0.4, -0.2) is 15.7 Å². The van der Waals surface area contributed by atoms with Crippen molar-refractivity contribution < 1.29 is 5.11 Å². The van der Waals surface area contributed by atoms with Crippen LogP contribution in [0, 0.1) is 0 Å². The summed E-state index contributed by atoms with van der Waals surface area (Å²) in [7, 11) is 2.04. The summed E-state index contributed by atoms with van der Waals surface area (Å²) in [6, 6.07) is 8.40. The molecule has 0 radical (unpaired) electrons. The Labute approximate surface area is 112 Å². The largest absolute Gasteiger partial charge is 0.388 e. The Hall–Kier alpha value is -1.10. The average Bonchev–Trinajstić information content (AvgIpc) is 2.97. The third kappa shape index (κ3) is 3.45. The molecular weight excluding hydrogens is 244 g/mol. The number of hydrogen-bond acceptors (Lipinski definition) is 3. The minimum absolute atomic E-state index is 0.289. The summed E-state index contributed by atoms with van der Waals surface area (Å²) in [5.74, 6) is 0. The summed E-state index contributed by atoms with van der Waals surface area (Å²) < 4.78 is 2.11. The van der Waals surface area contributed by atoms with Gasteiger partial charge in [-0.15, -0.1) is 11.3 Å². The molecule has 2 atom stereocenters. The zero-order chi connectivity index (χ0) is 13.0. The number of rotatable bonds is 6. The molecule has 0 aliphatic heterocycles. The van der Waals surface area contributed by atoms with Gasteiger partial charge in [0.1, 0.15) is 0 Å². The predicted molar refractivity (Wildman–Crippen MR) is 75.6 cm³/mol. The molecule has 0 aliphatic rings. The molecule has 0 fully saturated rings. The van der Waals surface area contributed by atoms with Crippen LogP contribution in [0.4, 0.5) is 0 Å². The number of nitrogens with zero attached hydrogens (tertiary/aromatic N) is 1. The topological polar surface area (TPSA) is 37.2 Å². The number of aryl methyl sites for hydroxylation is 1. The van der Waals surface area contributed by atoms with Crippen molar-refractivity contribution in [2.24, 2.45) is 7.05 Å². The minimum Gasteiger partial charge on any atom is -0.388 e. The number of aliphatic hydroxyl groups excluding tert-OH is 1. The SMILES string of the molecule is C[C@H](C[C@H](O)c1cccs1)NCc1cccn1C. The standard InChI is InChI=1S/C14H20N2OS/c1-11(9-13(17)14-6-4-8-18-14)15-10-12-5-3-7-16(12)2/h3-8,11,13,15,17H,9-10H2,1-2H3/t11-,13+/m1/s1. The Kier molecular flexibility index (Phi) is 4.58. The molecule has 0 unspecified atom stereocenters. The van der Waals surface area contributed by atoms with Crippen molar-refractivity contribution in [2.45, 2.75) is 32.0 Å². The normalized spacial score (nSPS) is 14.6. The number of aliphatic hydroxyl groups is 1. The van der Waals surface area contributed by atoms with Crippen LogP contribution in [0.15, 0.2) is 35.8 Å². The van der Waals surface area contributed by atoms with Crippen molar-refractivity contribution in [1.29, 1.82) is 0 Å². The van der Waals surface area contributed by atoms with Gasteiger partial charge in [-0.1, -0.05) is 6.07 Å². The highest BCUT2D eigenvalue weighted by molar-refractivity contribution is 7.10.